The van der Waals surface area contributed by atoms with Crippen molar-refractivity contribution in [2.24, 2.45) is 0 Å². The number of carbonyl (C=O) groups is 1. The highest BCUT2D eigenvalue weighted by molar-refractivity contribution is 5.73. The summed E-state index contributed by atoms with van der Waals surface area (Å²) < 4.78 is 35.3. The second-order valence-electron chi connectivity index (χ2n) is 3.78. The van der Waals surface area contributed by atoms with Crippen molar-refractivity contribution in [1.29, 1.82) is 0 Å². The van der Waals surface area contributed by atoms with Crippen molar-refractivity contribution in [3.05, 3.63) is 0 Å². The van der Waals surface area contributed by atoms with Crippen LogP contribution in [-0.4, -0.2) is 41.6 Å². The van der Waals surface area contributed by atoms with Gasteiger partial charge in [-0.25, -0.2) is 0 Å². The van der Waals surface area contributed by atoms with Crippen molar-refractivity contribution < 1.29 is 28.2 Å². The number of hydrogen-bond donors (Lipinski definition) is 3. The van der Waals surface area contributed by atoms with Gasteiger partial charge in [0.15, 0.2) is 0 Å². The number of alkyl halides is 3. The minimum atomic E-state index is -4.12. The number of halogens is 3. The molecule has 0 aromatic heterocycles. The van der Waals surface area contributed by atoms with Gasteiger partial charge < -0.3 is 15.5 Å². The zero-order valence-corrected chi connectivity index (χ0v) is 9.46. The van der Waals surface area contributed by atoms with Crippen LogP contribution in [0.4, 0.5) is 13.2 Å². The standard InChI is InChI=1S/C10H18F3NO3/c11-10(12,13)5-2-1-3-6-14-8(4-7-15)9(16)17/h8,14-15H,1-7H2,(H,16,17)/t8-/m0/s1. The quantitative estimate of drug-likeness (QED) is 0.548. The fraction of sp³-hybridized carbons (Fsp3) is 0.900. The summed E-state index contributed by atoms with van der Waals surface area (Å²) in [6, 6.07) is -0.831. The Hall–Kier alpha value is -0.820. The number of aliphatic hydroxyl groups excluding tert-OH is 1. The van der Waals surface area contributed by atoms with E-state index in [9.17, 15) is 18.0 Å². The summed E-state index contributed by atoms with van der Waals surface area (Å²) in [4.78, 5) is 10.6. The molecule has 0 spiro atoms. The van der Waals surface area contributed by atoms with E-state index in [0.29, 0.717) is 19.4 Å². The molecule has 0 fully saturated rings. The van der Waals surface area contributed by atoms with Crippen LogP contribution < -0.4 is 5.32 Å². The van der Waals surface area contributed by atoms with Gasteiger partial charge in [0.25, 0.3) is 0 Å². The van der Waals surface area contributed by atoms with Gasteiger partial charge in [-0.1, -0.05) is 6.42 Å². The number of nitrogens with one attached hydrogen (secondary N) is 1. The molecule has 0 amide bonds. The zero-order chi connectivity index (χ0) is 13.3. The Bertz CT molecular complexity index is 221. The molecular formula is C10H18F3NO3. The molecule has 0 aliphatic carbocycles. The lowest BCUT2D eigenvalue weighted by Crippen LogP contribution is -2.37. The number of unbranched alkanes of at least 4 members (excludes halogenated alkanes) is 2. The van der Waals surface area contributed by atoms with Crippen LogP contribution in [-0.2, 0) is 4.79 Å². The van der Waals surface area contributed by atoms with Gasteiger partial charge in [-0.15, -0.1) is 0 Å². The normalized spacial score (nSPS) is 13.6. The molecule has 7 heteroatoms. The van der Waals surface area contributed by atoms with Gasteiger partial charge in [0.1, 0.15) is 6.04 Å². The van der Waals surface area contributed by atoms with Gasteiger partial charge in [-0.2, -0.15) is 13.2 Å². The molecule has 0 radical (unpaired) electrons. The summed E-state index contributed by atoms with van der Waals surface area (Å²) >= 11 is 0. The van der Waals surface area contributed by atoms with Crippen molar-refractivity contribution in [3.8, 4) is 0 Å². The summed E-state index contributed by atoms with van der Waals surface area (Å²) in [5, 5.41) is 20.0. The molecule has 0 saturated carbocycles. The van der Waals surface area contributed by atoms with Crippen molar-refractivity contribution in [2.45, 2.75) is 44.3 Å². The van der Waals surface area contributed by atoms with Crippen LogP contribution in [0.5, 0.6) is 0 Å². The molecule has 0 heterocycles. The van der Waals surface area contributed by atoms with E-state index >= 15 is 0 Å². The summed E-state index contributed by atoms with van der Waals surface area (Å²) in [6.45, 7) is 0.104. The molecule has 102 valence electrons. The highest BCUT2D eigenvalue weighted by atomic mass is 19.4. The van der Waals surface area contributed by atoms with E-state index in [0.717, 1.165) is 0 Å². The van der Waals surface area contributed by atoms with E-state index in [1.165, 1.54) is 0 Å². The van der Waals surface area contributed by atoms with E-state index in [2.05, 4.69) is 5.32 Å². The second kappa shape index (κ2) is 8.30. The molecule has 1 atom stereocenters. The Morgan fingerprint density at radius 1 is 1.24 bits per heavy atom. The predicted octanol–water partition coefficient (Wildman–Crippen LogP) is 1.53. The van der Waals surface area contributed by atoms with E-state index in [1.807, 2.05) is 0 Å². The maximum absolute atomic E-state index is 11.8. The largest absolute Gasteiger partial charge is 0.480 e. The summed E-state index contributed by atoms with van der Waals surface area (Å²) in [6.07, 6.45) is -3.87. The average molecular weight is 257 g/mol. The van der Waals surface area contributed by atoms with Crippen LogP contribution in [0.15, 0.2) is 0 Å². The molecule has 3 N–H and O–H groups in total. The first-order valence-electron chi connectivity index (χ1n) is 5.50. The van der Waals surface area contributed by atoms with Crippen LogP contribution in [0, 0.1) is 0 Å². The van der Waals surface area contributed by atoms with Gasteiger partial charge in [0.05, 0.1) is 0 Å². The van der Waals surface area contributed by atoms with Crippen molar-refractivity contribution in [2.75, 3.05) is 13.2 Å². The first-order chi connectivity index (χ1) is 7.87. The third-order valence-electron chi connectivity index (χ3n) is 2.24. The number of carboxylic acid groups (broad SMARTS) is 1. The Morgan fingerprint density at radius 2 is 1.88 bits per heavy atom. The van der Waals surface area contributed by atoms with Crippen LogP contribution in [0.25, 0.3) is 0 Å². The zero-order valence-electron chi connectivity index (χ0n) is 9.46. The Balaban J connectivity index is 3.52. The third-order valence-corrected chi connectivity index (χ3v) is 2.24. The Kier molecular flexibility index (Phi) is 7.90. The lowest BCUT2D eigenvalue weighted by Gasteiger charge is -2.12. The number of carboxylic acids is 1. The minimum absolute atomic E-state index is 0.0585. The van der Waals surface area contributed by atoms with Gasteiger partial charge in [0, 0.05) is 13.0 Å². The maximum atomic E-state index is 11.8. The van der Waals surface area contributed by atoms with Gasteiger partial charge in [0.2, 0.25) is 0 Å². The molecule has 4 nitrogen and oxygen atoms in total. The van der Waals surface area contributed by atoms with Gasteiger partial charge in [-0.05, 0) is 25.8 Å². The number of aliphatic hydroxyl groups is 1. The third kappa shape index (κ3) is 10.1. The van der Waals surface area contributed by atoms with Crippen LogP contribution in [0.1, 0.15) is 32.1 Å². The highest BCUT2D eigenvalue weighted by Crippen LogP contribution is 2.22. The molecule has 0 unspecified atom stereocenters. The lowest BCUT2D eigenvalue weighted by atomic mass is 10.1. The Morgan fingerprint density at radius 3 is 2.35 bits per heavy atom. The lowest BCUT2D eigenvalue weighted by molar-refractivity contribution is -0.140. The fourth-order valence-corrected chi connectivity index (χ4v) is 1.35. The number of aliphatic carboxylic acids is 1. The van der Waals surface area contributed by atoms with Crippen LogP contribution in [0.3, 0.4) is 0 Å². The molecule has 0 aromatic rings. The molecule has 0 aromatic carbocycles. The molecule has 0 rings (SSSR count). The number of rotatable bonds is 9. The maximum Gasteiger partial charge on any atom is 0.389 e. The number of hydrogen-bond acceptors (Lipinski definition) is 3. The molecule has 0 aliphatic rings. The van der Waals surface area contributed by atoms with Crippen molar-refractivity contribution in [3.63, 3.8) is 0 Å². The van der Waals surface area contributed by atoms with Crippen LogP contribution >= 0.6 is 0 Å². The van der Waals surface area contributed by atoms with E-state index < -0.39 is 24.6 Å². The monoisotopic (exact) mass is 257 g/mol. The molecule has 0 aliphatic heterocycles. The molecular weight excluding hydrogens is 239 g/mol. The molecule has 17 heavy (non-hydrogen) atoms. The van der Waals surface area contributed by atoms with Crippen molar-refractivity contribution >= 4 is 5.97 Å². The SMILES string of the molecule is O=C(O)[C@H](CCO)NCCCCCC(F)(F)F. The molecule has 0 saturated heterocycles. The second-order valence-corrected chi connectivity index (χ2v) is 3.78. The van der Waals surface area contributed by atoms with Crippen LogP contribution in [0.2, 0.25) is 0 Å². The minimum Gasteiger partial charge on any atom is -0.480 e. The summed E-state index contributed by atoms with van der Waals surface area (Å²) in [5.74, 6) is -1.06. The van der Waals surface area contributed by atoms with E-state index in [1.54, 1.807) is 0 Å². The highest BCUT2D eigenvalue weighted by Gasteiger charge is 2.25. The first-order valence-corrected chi connectivity index (χ1v) is 5.50. The first kappa shape index (κ1) is 16.2. The van der Waals surface area contributed by atoms with E-state index in [4.69, 9.17) is 10.2 Å². The topological polar surface area (TPSA) is 69.6 Å². The smallest absolute Gasteiger partial charge is 0.389 e. The van der Waals surface area contributed by atoms with Gasteiger partial charge in [-0.3, -0.25) is 4.79 Å². The average Bonchev–Trinajstić information content (AvgIpc) is 2.19. The fourth-order valence-electron chi connectivity index (χ4n) is 1.35. The molecule has 0 bridgehead atoms. The van der Waals surface area contributed by atoms with Gasteiger partial charge >= 0.3 is 12.1 Å². The Labute approximate surface area is 97.8 Å². The summed E-state index contributed by atoms with van der Waals surface area (Å²) in [7, 11) is 0. The predicted molar refractivity (Wildman–Crippen MR) is 55.7 cm³/mol. The summed E-state index contributed by atoms with van der Waals surface area (Å²) in [5.41, 5.74) is 0. The van der Waals surface area contributed by atoms with Crippen molar-refractivity contribution in [1.82, 2.24) is 5.32 Å². The van der Waals surface area contributed by atoms with E-state index in [-0.39, 0.29) is 19.4 Å².